The number of hydrogen-bond acceptors (Lipinski definition) is 4. The SMILES string of the molecule is Cc1ccc(S(=O)(=O)N(CC(=O)N(Cc2ccccc2C)[C@@H](C)C(=O)NC2CCCCC2)c2ccc(Cl)cc2)cc1. The number of carbonyl (C=O) groups is 2. The van der Waals surface area contributed by atoms with Gasteiger partial charge in [0.15, 0.2) is 0 Å². The molecule has 0 unspecified atom stereocenters. The van der Waals surface area contributed by atoms with Gasteiger partial charge < -0.3 is 10.2 Å². The van der Waals surface area contributed by atoms with E-state index in [2.05, 4.69) is 5.32 Å². The zero-order valence-corrected chi connectivity index (χ0v) is 25.4. The van der Waals surface area contributed by atoms with Crippen molar-refractivity contribution in [2.75, 3.05) is 10.8 Å². The van der Waals surface area contributed by atoms with Gasteiger partial charge in [-0.15, -0.1) is 0 Å². The van der Waals surface area contributed by atoms with E-state index in [0.29, 0.717) is 10.7 Å². The molecule has 1 fully saturated rings. The molecule has 3 aromatic carbocycles. The largest absolute Gasteiger partial charge is 0.352 e. The van der Waals surface area contributed by atoms with Gasteiger partial charge >= 0.3 is 0 Å². The number of benzene rings is 3. The molecule has 7 nitrogen and oxygen atoms in total. The second kappa shape index (κ2) is 13.5. The van der Waals surface area contributed by atoms with E-state index in [-0.39, 0.29) is 23.4 Å². The number of carbonyl (C=O) groups excluding carboxylic acids is 2. The van der Waals surface area contributed by atoms with Gasteiger partial charge in [-0.3, -0.25) is 13.9 Å². The highest BCUT2D eigenvalue weighted by Crippen LogP contribution is 2.26. The van der Waals surface area contributed by atoms with E-state index in [1.54, 1.807) is 43.3 Å². The Hall–Kier alpha value is -3.36. The normalized spacial score (nSPS) is 14.7. The summed E-state index contributed by atoms with van der Waals surface area (Å²) in [4.78, 5) is 29.1. The van der Waals surface area contributed by atoms with E-state index in [1.807, 2.05) is 38.1 Å². The number of aryl methyl sites for hydroxylation is 2. The van der Waals surface area contributed by atoms with Crippen molar-refractivity contribution < 1.29 is 18.0 Å². The lowest BCUT2D eigenvalue weighted by Gasteiger charge is -2.33. The summed E-state index contributed by atoms with van der Waals surface area (Å²) in [6.07, 6.45) is 5.14. The van der Waals surface area contributed by atoms with E-state index < -0.39 is 28.5 Å². The van der Waals surface area contributed by atoms with Crippen molar-refractivity contribution in [1.82, 2.24) is 10.2 Å². The molecule has 0 heterocycles. The Bertz CT molecular complexity index is 1450. The number of anilines is 1. The fourth-order valence-corrected chi connectivity index (χ4v) is 6.64. The number of rotatable bonds is 10. The van der Waals surface area contributed by atoms with Gasteiger partial charge in [-0.1, -0.05) is 72.8 Å². The Kier molecular flexibility index (Phi) is 10.1. The van der Waals surface area contributed by atoms with Gasteiger partial charge in [0.1, 0.15) is 12.6 Å². The minimum absolute atomic E-state index is 0.0689. The lowest BCUT2D eigenvalue weighted by atomic mass is 9.95. The topological polar surface area (TPSA) is 86.8 Å². The Balaban J connectivity index is 1.68. The molecule has 0 saturated heterocycles. The smallest absolute Gasteiger partial charge is 0.264 e. The van der Waals surface area contributed by atoms with Crippen LogP contribution < -0.4 is 9.62 Å². The fourth-order valence-electron chi connectivity index (χ4n) is 5.10. The van der Waals surface area contributed by atoms with Crippen LogP contribution in [0, 0.1) is 13.8 Å². The lowest BCUT2D eigenvalue weighted by Crippen LogP contribution is -2.53. The van der Waals surface area contributed by atoms with Crippen molar-refractivity contribution in [3.05, 3.63) is 94.5 Å². The molecule has 9 heteroatoms. The van der Waals surface area contributed by atoms with Crippen LogP contribution in [0.3, 0.4) is 0 Å². The van der Waals surface area contributed by atoms with Gasteiger partial charge in [-0.25, -0.2) is 8.42 Å². The molecule has 0 aliphatic heterocycles. The zero-order valence-electron chi connectivity index (χ0n) is 23.8. The van der Waals surface area contributed by atoms with Crippen LogP contribution in [0.1, 0.15) is 55.7 Å². The van der Waals surface area contributed by atoms with Crippen LogP contribution in [0.5, 0.6) is 0 Å². The lowest BCUT2D eigenvalue weighted by molar-refractivity contribution is -0.139. The average molecular weight is 596 g/mol. The summed E-state index contributed by atoms with van der Waals surface area (Å²) in [7, 11) is -4.12. The van der Waals surface area contributed by atoms with E-state index in [9.17, 15) is 18.0 Å². The first-order valence-electron chi connectivity index (χ1n) is 14.1. The number of halogens is 1. The molecule has 1 atom stereocenters. The second-order valence-electron chi connectivity index (χ2n) is 10.8. The third kappa shape index (κ3) is 7.68. The van der Waals surface area contributed by atoms with Crippen LogP contribution in [0.25, 0.3) is 0 Å². The van der Waals surface area contributed by atoms with Gasteiger partial charge in [0, 0.05) is 17.6 Å². The Labute approximate surface area is 248 Å². The number of hydrogen-bond donors (Lipinski definition) is 1. The first-order chi connectivity index (χ1) is 19.6. The molecule has 1 aliphatic carbocycles. The molecule has 218 valence electrons. The van der Waals surface area contributed by atoms with Crippen LogP contribution in [0.15, 0.2) is 77.7 Å². The standard InChI is InChI=1S/C32H38ClN3O4S/c1-23-13-19-30(20-14-23)41(39,40)36(29-17-15-27(33)16-18-29)22-31(37)35(21-26-10-8-7-9-24(26)2)25(3)32(38)34-28-11-5-4-6-12-28/h7-10,13-20,25,28H,4-6,11-12,21-22H2,1-3H3,(H,34,38)/t25-/m0/s1. The summed E-state index contributed by atoms with van der Waals surface area (Å²) < 4.78 is 28.9. The summed E-state index contributed by atoms with van der Waals surface area (Å²) >= 11 is 6.10. The molecule has 0 radical (unpaired) electrons. The van der Waals surface area contributed by atoms with Crippen molar-refractivity contribution in [3.8, 4) is 0 Å². The van der Waals surface area contributed by atoms with E-state index in [4.69, 9.17) is 11.6 Å². The number of nitrogens with one attached hydrogen (secondary N) is 1. The van der Waals surface area contributed by atoms with Gasteiger partial charge in [0.25, 0.3) is 10.0 Å². The maximum absolute atomic E-state index is 14.1. The predicted octanol–water partition coefficient (Wildman–Crippen LogP) is 6.02. The molecule has 0 aromatic heterocycles. The van der Waals surface area contributed by atoms with Gasteiger partial charge in [-0.2, -0.15) is 0 Å². The number of amides is 2. The Morgan fingerprint density at radius 2 is 1.56 bits per heavy atom. The highest BCUT2D eigenvalue weighted by atomic mass is 35.5. The Morgan fingerprint density at radius 3 is 2.20 bits per heavy atom. The molecule has 1 saturated carbocycles. The third-order valence-electron chi connectivity index (χ3n) is 7.72. The maximum Gasteiger partial charge on any atom is 0.264 e. The molecular formula is C32H38ClN3O4S. The van der Waals surface area contributed by atoms with Crippen molar-refractivity contribution in [2.45, 2.75) is 76.4 Å². The van der Waals surface area contributed by atoms with Gasteiger partial charge in [-0.05, 0) is 81.1 Å². The fraction of sp³-hybridized carbons (Fsp3) is 0.375. The highest BCUT2D eigenvalue weighted by Gasteiger charge is 2.33. The monoisotopic (exact) mass is 595 g/mol. The minimum Gasteiger partial charge on any atom is -0.352 e. The third-order valence-corrected chi connectivity index (χ3v) is 9.76. The van der Waals surface area contributed by atoms with Crippen LogP contribution in [0.4, 0.5) is 5.69 Å². The van der Waals surface area contributed by atoms with Crippen LogP contribution in [-0.2, 0) is 26.2 Å². The molecule has 2 amide bonds. The molecular weight excluding hydrogens is 558 g/mol. The van der Waals surface area contributed by atoms with Crippen LogP contribution >= 0.6 is 11.6 Å². The summed E-state index contributed by atoms with van der Waals surface area (Å²) in [6.45, 7) is 5.22. The number of nitrogens with zero attached hydrogens (tertiary/aromatic N) is 2. The first-order valence-corrected chi connectivity index (χ1v) is 15.9. The molecule has 1 aliphatic rings. The van der Waals surface area contributed by atoms with Crippen molar-refractivity contribution in [1.29, 1.82) is 0 Å². The molecule has 1 N–H and O–H groups in total. The highest BCUT2D eigenvalue weighted by molar-refractivity contribution is 7.92. The molecule has 0 spiro atoms. The minimum atomic E-state index is -4.12. The second-order valence-corrected chi connectivity index (χ2v) is 13.1. The Morgan fingerprint density at radius 1 is 0.927 bits per heavy atom. The van der Waals surface area contributed by atoms with E-state index >= 15 is 0 Å². The summed E-state index contributed by atoms with van der Waals surface area (Å²) in [5, 5.41) is 3.57. The number of sulfonamides is 1. The van der Waals surface area contributed by atoms with Crippen LogP contribution in [-0.4, -0.2) is 43.8 Å². The summed E-state index contributed by atoms with van der Waals surface area (Å²) in [5.41, 5.74) is 3.09. The van der Waals surface area contributed by atoms with Crippen molar-refractivity contribution in [3.63, 3.8) is 0 Å². The van der Waals surface area contributed by atoms with Crippen LogP contribution in [0.2, 0.25) is 5.02 Å². The van der Waals surface area contributed by atoms with Crippen molar-refractivity contribution in [2.24, 2.45) is 0 Å². The van der Waals surface area contributed by atoms with Gasteiger partial charge in [0.05, 0.1) is 10.6 Å². The van der Waals surface area contributed by atoms with Crippen molar-refractivity contribution >= 4 is 39.1 Å². The maximum atomic E-state index is 14.1. The summed E-state index contributed by atoms with van der Waals surface area (Å²) in [6, 6.07) is 19.8. The predicted molar refractivity (Wildman–Crippen MR) is 163 cm³/mol. The average Bonchev–Trinajstić information content (AvgIpc) is 2.96. The molecule has 3 aromatic rings. The van der Waals surface area contributed by atoms with E-state index in [1.165, 1.54) is 17.0 Å². The summed E-state index contributed by atoms with van der Waals surface area (Å²) in [5.74, 6) is -0.719. The molecule has 0 bridgehead atoms. The first kappa shape index (κ1) is 30.6. The zero-order chi connectivity index (χ0) is 29.6. The quantitative estimate of drug-likeness (QED) is 0.311. The molecule has 4 rings (SSSR count). The molecule has 41 heavy (non-hydrogen) atoms. The van der Waals surface area contributed by atoms with Gasteiger partial charge in [0.2, 0.25) is 11.8 Å². The van der Waals surface area contributed by atoms with E-state index in [0.717, 1.165) is 53.1 Å².